The van der Waals surface area contributed by atoms with Crippen molar-refractivity contribution in [3.8, 4) is 0 Å². The van der Waals surface area contributed by atoms with E-state index in [1.165, 1.54) is 6.33 Å². The van der Waals surface area contributed by atoms with Crippen molar-refractivity contribution in [2.24, 2.45) is 7.05 Å². The summed E-state index contributed by atoms with van der Waals surface area (Å²) < 4.78 is 1.62. The van der Waals surface area contributed by atoms with E-state index >= 15 is 0 Å². The molecule has 0 saturated carbocycles. The molecule has 3 aromatic rings. The van der Waals surface area contributed by atoms with E-state index < -0.39 is 4.92 Å². The molecule has 1 aromatic heterocycles. The lowest BCUT2D eigenvalue weighted by molar-refractivity contribution is -0.388. The molecule has 1 heterocycles. The third kappa shape index (κ3) is 3.06. The lowest BCUT2D eigenvalue weighted by atomic mass is 9.99. The molecule has 0 bridgehead atoms. The van der Waals surface area contributed by atoms with Crippen molar-refractivity contribution in [3.05, 3.63) is 88.2 Å². The molecule has 6 nitrogen and oxygen atoms in total. The van der Waals surface area contributed by atoms with E-state index in [1.807, 2.05) is 60.7 Å². The Kier molecular flexibility index (Phi) is 4.05. The number of hydrogen-bond donors (Lipinski definition) is 1. The fraction of sp³-hybridized carbons (Fsp3) is 0.118. The van der Waals surface area contributed by atoms with Gasteiger partial charge in [0.15, 0.2) is 0 Å². The molecular weight excluding hydrogens is 292 g/mol. The van der Waals surface area contributed by atoms with Gasteiger partial charge in [-0.1, -0.05) is 60.7 Å². The first-order valence-electron chi connectivity index (χ1n) is 7.19. The van der Waals surface area contributed by atoms with Crippen LogP contribution in [0, 0.1) is 10.1 Å². The summed E-state index contributed by atoms with van der Waals surface area (Å²) in [6.45, 7) is 0. The highest BCUT2D eigenvalue weighted by molar-refractivity contribution is 5.55. The van der Waals surface area contributed by atoms with E-state index in [2.05, 4.69) is 10.3 Å². The second kappa shape index (κ2) is 6.31. The van der Waals surface area contributed by atoms with E-state index in [0.717, 1.165) is 11.1 Å². The summed E-state index contributed by atoms with van der Waals surface area (Å²) in [5.41, 5.74) is 2.04. The number of benzene rings is 2. The van der Waals surface area contributed by atoms with Gasteiger partial charge in [-0.15, -0.1) is 0 Å². The highest BCUT2D eigenvalue weighted by Gasteiger charge is 2.24. The third-order valence-electron chi connectivity index (χ3n) is 3.64. The maximum absolute atomic E-state index is 11.2. The van der Waals surface area contributed by atoms with Crippen LogP contribution in [0.25, 0.3) is 0 Å². The van der Waals surface area contributed by atoms with Crippen LogP contribution < -0.4 is 5.32 Å². The molecule has 23 heavy (non-hydrogen) atoms. The monoisotopic (exact) mass is 308 g/mol. The van der Waals surface area contributed by atoms with E-state index in [4.69, 9.17) is 0 Å². The Labute approximate surface area is 133 Å². The lowest BCUT2D eigenvalue weighted by Crippen LogP contribution is -2.15. The number of aryl methyl sites for hydroxylation is 1. The van der Waals surface area contributed by atoms with Crippen molar-refractivity contribution >= 4 is 11.6 Å². The van der Waals surface area contributed by atoms with Crippen molar-refractivity contribution in [1.29, 1.82) is 0 Å². The molecule has 0 amide bonds. The molecule has 116 valence electrons. The largest absolute Gasteiger partial charge is 0.406 e. The number of nitrogens with one attached hydrogen (secondary N) is 1. The predicted octanol–water partition coefficient (Wildman–Crippen LogP) is 3.53. The van der Waals surface area contributed by atoms with Gasteiger partial charge < -0.3 is 15.4 Å². The number of hydrogen-bond acceptors (Lipinski definition) is 4. The van der Waals surface area contributed by atoms with E-state index in [1.54, 1.807) is 11.6 Å². The lowest BCUT2D eigenvalue weighted by Gasteiger charge is -2.20. The molecule has 3 rings (SSSR count). The van der Waals surface area contributed by atoms with Gasteiger partial charge in [0.05, 0.1) is 6.04 Å². The van der Waals surface area contributed by atoms with Crippen LogP contribution >= 0.6 is 0 Å². The molecule has 0 aliphatic heterocycles. The van der Waals surface area contributed by atoms with E-state index in [0.29, 0.717) is 5.82 Å². The number of rotatable bonds is 5. The zero-order valence-electron chi connectivity index (χ0n) is 12.6. The second-order valence-corrected chi connectivity index (χ2v) is 5.18. The van der Waals surface area contributed by atoms with Gasteiger partial charge >= 0.3 is 5.82 Å². The smallest absolute Gasteiger partial charge is 0.358 e. The van der Waals surface area contributed by atoms with Crippen LogP contribution in [-0.2, 0) is 7.05 Å². The highest BCUT2D eigenvalue weighted by atomic mass is 16.6. The molecule has 0 fully saturated rings. The normalized spacial score (nSPS) is 10.7. The minimum absolute atomic E-state index is 0.177. The number of imidazole rings is 1. The summed E-state index contributed by atoms with van der Waals surface area (Å²) in [4.78, 5) is 14.6. The van der Waals surface area contributed by atoms with E-state index in [-0.39, 0.29) is 11.9 Å². The first kappa shape index (κ1) is 14.8. The summed E-state index contributed by atoms with van der Waals surface area (Å²) in [5.74, 6) is 0.206. The first-order chi connectivity index (χ1) is 11.2. The molecule has 0 spiro atoms. The molecule has 1 N–H and O–H groups in total. The van der Waals surface area contributed by atoms with Crippen LogP contribution in [-0.4, -0.2) is 14.5 Å². The fourth-order valence-electron chi connectivity index (χ4n) is 2.50. The Morgan fingerprint density at radius 1 is 1.04 bits per heavy atom. The van der Waals surface area contributed by atoms with Crippen LogP contribution in [0.3, 0.4) is 0 Å². The van der Waals surface area contributed by atoms with E-state index in [9.17, 15) is 10.1 Å². The molecule has 0 saturated heterocycles. The highest BCUT2D eigenvalue weighted by Crippen LogP contribution is 2.30. The minimum Gasteiger partial charge on any atom is -0.358 e. The average Bonchev–Trinajstić information content (AvgIpc) is 2.95. The summed E-state index contributed by atoms with van der Waals surface area (Å²) in [6, 6.07) is 19.5. The Morgan fingerprint density at radius 3 is 2.04 bits per heavy atom. The van der Waals surface area contributed by atoms with Gasteiger partial charge in [0, 0.05) is 7.05 Å². The van der Waals surface area contributed by atoms with Gasteiger partial charge in [-0.3, -0.25) is 4.57 Å². The third-order valence-corrected chi connectivity index (χ3v) is 3.64. The Hall–Kier alpha value is -3.15. The predicted molar refractivity (Wildman–Crippen MR) is 88.2 cm³/mol. The molecule has 6 heteroatoms. The number of anilines is 1. The van der Waals surface area contributed by atoms with Crippen LogP contribution in [0.4, 0.5) is 11.6 Å². The second-order valence-electron chi connectivity index (χ2n) is 5.18. The Morgan fingerprint density at radius 2 is 1.57 bits per heavy atom. The molecular formula is C17H16N4O2. The summed E-state index contributed by atoms with van der Waals surface area (Å²) in [6.07, 6.45) is 1.44. The summed E-state index contributed by atoms with van der Waals surface area (Å²) in [7, 11) is 1.73. The number of nitro groups is 1. The molecule has 0 aliphatic rings. The molecule has 0 atom stereocenters. The quantitative estimate of drug-likeness (QED) is 0.578. The standard InChI is InChI=1S/C17H16N4O2/c1-20-12-18-16(21(22)23)17(20)19-15(13-8-4-2-5-9-13)14-10-6-3-7-11-14/h2-12,15,19H,1H3. The number of aromatic nitrogens is 2. The fourth-order valence-corrected chi connectivity index (χ4v) is 2.50. The number of nitrogens with zero attached hydrogens (tertiary/aromatic N) is 3. The zero-order valence-corrected chi connectivity index (χ0v) is 12.6. The van der Waals surface area contributed by atoms with Gasteiger partial charge in [0.1, 0.15) is 0 Å². The average molecular weight is 308 g/mol. The van der Waals surface area contributed by atoms with Gasteiger partial charge in [-0.25, -0.2) is 0 Å². The maximum Gasteiger partial charge on any atom is 0.406 e. The Balaban J connectivity index is 2.04. The molecule has 2 aromatic carbocycles. The summed E-state index contributed by atoms with van der Waals surface area (Å²) >= 11 is 0. The minimum atomic E-state index is -0.477. The zero-order chi connectivity index (χ0) is 16.2. The molecule has 0 unspecified atom stereocenters. The van der Waals surface area contributed by atoms with Crippen LogP contribution in [0.5, 0.6) is 0 Å². The van der Waals surface area contributed by atoms with Crippen molar-refractivity contribution in [3.63, 3.8) is 0 Å². The SMILES string of the molecule is Cn1cnc([N+](=O)[O-])c1NC(c1ccccc1)c1ccccc1. The molecule has 0 radical (unpaired) electrons. The van der Waals surface area contributed by atoms with Gasteiger partial charge in [-0.2, -0.15) is 0 Å². The van der Waals surface area contributed by atoms with Crippen molar-refractivity contribution in [1.82, 2.24) is 9.55 Å². The first-order valence-corrected chi connectivity index (χ1v) is 7.19. The van der Waals surface area contributed by atoms with Gasteiger partial charge in [0.25, 0.3) is 0 Å². The van der Waals surface area contributed by atoms with Crippen LogP contribution in [0.2, 0.25) is 0 Å². The van der Waals surface area contributed by atoms with Crippen LogP contribution in [0.1, 0.15) is 17.2 Å². The summed E-state index contributed by atoms with van der Waals surface area (Å²) in [5, 5.41) is 14.4. The Bertz CT molecular complexity index is 760. The van der Waals surface area contributed by atoms with Crippen molar-refractivity contribution < 1.29 is 4.92 Å². The maximum atomic E-state index is 11.2. The van der Waals surface area contributed by atoms with Gasteiger partial charge in [0.2, 0.25) is 12.1 Å². The van der Waals surface area contributed by atoms with Crippen LogP contribution in [0.15, 0.2) is 67.0 Å². The molecule has 0 aliphatic carbocycles. The van der Waals surface area contributed by atoms with Crippen molar-refractivity contribution in [2.75, 3.05) is 5.32 Å². The van der Waals surface area contributed by atoms with Crippen molar-refractivity contribution in [2.45, 2.75) is 6.04 Å². The van der Waals surface area contributed by atoms with Gasteiger partial charge in [-0.05, 0) is 21.0 Å². The topological polar surface area (TPSA) is 73.0 Å².